The average Bonchev–Trinajstić information content (AvgIpc) is 2.88. The lowest BCUT2D eigenvalue weighted by Gasteiger charge is -2.00. The van der Waals surface area contributed by atoms with Crippen molar-refractivity contribution < 1.29 is 4.79 Å². The molecule has 1 heterocycles. The normalized spacial score (nSPS) is 10.5. The van der Waals surface area contributed by atoms with E-state index < -0.39 is 0 Å². The zero-order chi connectivity index (χ0) is 12.8. The van der Waals surface area contributed by atoms with Gasteiger partial charge < -0.3 is 0 Å². The van der Waals surface area contributed by atoms with Crippen molar-refractivity contribution in [1.82, 2.24) is 9.59 Å². The molecule has 2 rings (SSSR count). The Morgan fingerprint density at radius 1 is 1.28 bits per heavy atom. The molecular formula is C14H16N2OS. The fourth-order valence-electron chi connectivity index (χ4n) is 1.86. The number of carbonyl (C=O) groups excluding carboxylic acids is 1. The molecule has 0 bridgehead atoms. The number of Topliss-reactive ketones (excluding diaryl/α,β-unsaturated/α-hetero) is 1. The van der Waals surface area contributed by atoms with Gasteiger partial charge in [-0.05, 0) is 36.4 Å². The number of benzene rings is 1. The summed E-state index contributed by atoms with van der Waals surface area (Å²) in [4.78, 5) is 12.7. The van der Waals surface area contributed by atoms with Crippen LogP contribution in [-0.2, 0) is 12.8 Å². The van der Waals surface area contributed by atoms with E-state index in [0.29, 0.717) is 6.42 Å². The molecule has 1 aromatic heterocycles. The molecule has 0 saturated carbocycles. The molecule has 0 amide bonds. The summed E-state index contributed by atoms with van der Waals surface area (Å²) in [7, 11) is 0. The first-order valence-corrected chi connectivity index (χ1v) is 6.97. The summed E-state index contributed by atoms with van der Waals surface area (Å²) in [5, 5.41) is 3.97. The molecule has 0 fully saturated rings. The number of nitrogens with zero attached hydrogens (tertiary/aromatic N) is 2. The lowest BCUT2D eigenvalue weighted by Crippen LogP contribution is -2.01. The standard InChI is InChI=1S/C14H16N2OS/c1-2-12-14(18-16-15-12)13(17)10-6-9-11-7-4-3-5-8-11/h3-5,7-8H,2,6,9-10H2,1H3. The lowest BCUT2D eigenvalue weighted by atomic mass is 10.1. The predicted molar refractivity (Wildman–Crippen MR) is 73.0 cm³/mol. The van der Waals surface area contributed by atoms with E-state index in [4.69, 9.17) is 0 Å². The summed E-state index contributed by atoms with van der Waals surface area (Å²) in [6.07, 6.45) is 3.17. The molecule has 4 heteroatoms. The van der Waals surface area contributed by atoms with Crippen molar-refractivity contribution in [1.29, 1.82) is 0 Å². The molecular weight excluding hydrogens is 244 g/mol. The second-order valence-corrected chi connectivity index (χ2v) is 4.92. The van der Waals surface area contributed by atoms with Crippen LogP contribution in [0.15, 0.2) is 30.3 Å². The number of hydrogen-bond donors (Lipinski definition) is 0. The van der Waals surface area contributed by atoms with E-state index in [0.717, 1.165) is 29.8 Å². The highest BCUT2D eigenvalue weighted by Crippen LogP contribution is 2.15. The zero-order valence-electron chi connectivity index (χ0n) is 10.4. The van der Waals surface area contributed by atoms with Gasteiger partial charge in [0, 0.05) is 6.42 Å². The first-order chi connectivity index (χ1) is 8.81. The Morgan fingerprint density at radius 3 is 2.78 bits per heavy atom. The lowest BCUT2D eigenvalue weighted by molar-refractivity contribution is 0.0983. The Hall–Kier alpha value is -1.55. The molecule has 3 nitrogen and oxygen atoms in total. The van der Waals surface area contributed by atoms with Crippen LogP contribution in [-0.4, -0.2) is 15.4 Å². The quantitative estimate of drug-likeness (QED) is 0.748. The number of rotatable bonds is 6. The van der Waals surface area contributed by atoms with Gasteiger partial charge in [-0.3, -0.25) is 4.79 Å². The van der Waals surface area contributed by atoms with Gasteiger partial charge in [-0.15, -0.1) is 5.10 Å². The molecule has 18 heavy (non-hydrogen) atoms. The molecule has 0 atom stereocenters. The molecule has 0 aliphatic carbocycles. The van der Waals surface area contributed by atoms with Crippen LogP contribution < -0.4 is 0 Å². The summed E-state index contributed by atoms with van der Waals surface area (Å²) in [5.41, 5.74) is 2.12. The number of ketones is 1. The number of aryl methyl sites for hydroxylation is 2. The molecule has 0 aliphatic heterocycles. The van der Waals surface area contributed by atoms with Gasteiger partial charge >= 0.3 is 0 Å². The third-order valence-electron chi connectivity index (χ3n) is 2.86. The third kappa shape index (κ3) is 3.23. The van der Waals surface area contributed by atoms with Crippen LogP contribution in [0.25, 0.3) is 0 Å². The largest absolute Gasteiger partial charge is 0.293 e. The fourth-order valence-corrected chi connectivity index (χ4v) is 2.58. The minimum absolute atomic E-state index is 0.179. The summed E-state index contributed by atoms with van der Waals surface area (Å²) in [6.45, 7) is 2.00. The van der Waals surface area contributed by atoms with E-state index in [1.165, 1.54) is 17.1 Å². The molecule has 0 N–H and O–H groups in total. The summed E-state index contributed by atoms with van der Waals surface area (Å²) < 4.78 is 3.85. The fraction of sp³-hybridized carbons (Fsp3) is 0.357. The summed E-state index contributed by atoms with van der Waals surface area (Å²) >= 11 is 1.22. The Balaban J connectivity index is 1.86. The topological polar surface area (TPSA) is 42.9 Å². The molecule has 1 aromatic carbocycles. The Bertz CT molecular complexity index is 508. The van der Waals surface area contributed by atoms with Gasteiger partial charge in [0.15, 0.2) is 5.78 Å². The molecule has 2 aromatic rings. The van der Waals surface area contributed by atoms with E-state index in [2.05, 4.69) is 21.7 Å². The molecule has 0 aliphatic rings. The highest BCUT2D eigenvalue weighted by Gasteiger charge is 2.14. The highest BCUT2D eigenvalue weighted by atomic mass is 32.1. The number of carbonyl (C=O) groups is 1. The van der Waals surface area contributed by atoms with Crippen molar-refractivity contribution in [2.75, 3.05) is 0 Å². The van der Waals surface area contributed by atoms with E-state index in [1.54, 1.807) is 0 Å². The maximum absolute atomic E-state index is 12.0. The van der Waals surface area contributed by atoms with Crippen molar-refractivity contribution in [2.24, 2.45) is 0 Å². The minimum atomic E-state index is 0.179. The van der Waals surface area contributed by atoms with Gasteiger partial charge in [-0.25, -0.2) is 0 Å². The first kappa shape index (κ1) is 12.9. The second-order valence-electron chi connectivity index (χ2n) is 4.16. The van der Waals surface area contributed by atoms with Crippen molar-refractivity contribution in [3.05, 3.63) is 46.5 Å². The molecule has 0 radical (unpaired) electrons. The molecule has 94 valence electrons. The van der Waals surface area contributed by atoms with Crippen LogP contribution in [0.2, 0.25) is 0 Å². The van der Waals surface area contributed by atoms with Crippen molar-refractivity contribution in [3.8, 4) is 0 Å². The maximum atomic E-state index is 12.0. The average molecular weight is 260 g/mol. The predicted octanol–water partition coefficient (Wildman–Crippen LogP) is 3.31. The van der Waals surface area contributed by atoms with E-state index >= 15 is 0 Å². The number of aromatic nitrogens is 2. The van der Waals surface area contributed by atoms with Crippen LogP contribution in [0, 0.1) is 0 Å². The summed E-state index contributed by atoms with van der Waals surface area (Å²) in [5.74, 6) is 0.179. The van der Waals surface area contributed by atoms with Gasteiger partial charge in [0.1, 0.15) is 4.88 Å². The van der Waals surface area contributed by atoms with E-state index in [9.17, 15) is 4.79 Å². The van der Waals surface area contributed by atoms with Gasteiger partial charge in [-0.2, -0.15) is 0 Å². The molecule has 0 saturated heterocycles. The van der Waals surface area contributed by atoms with E-state index in [-0.39, 0.29) is 5.78 Å². The monoisotopic (exact) mass is 260 g/mol. The van der Waals surface area contributed by atoms with E-state index in [1.807, 2.05) is 25.1 Å². The van der Waals surface area contributed by atoms with Crippen LogP contribution in [0.1, 0.15) is 40.7 Å². The highest BCUT2D eigenvalue weighted by molar-refractivity contribution is 7.08. The third-order valence-corrected chi connectivity index (χ3v) is 3.67. The van der Waals surface area contributed by atoms with Gasteiger partial charge in [0.2, 0.25) is 0 Å². The maximum Gasteiger partial charge on any atom is 0.176 e. The minimum Gasteiger partial charge on any atom is -0.293 e. The first-order valence-electron chi connectivity index (χ1n) is 6.19. The van der Waals surface area contributed by atoms with Crippen LogP contribution in [0.3, 0.4) is 0 Å². The Labute approximate surface area is 111 Å². The van der Waals surface area contributed by atoms with Crippen molar-refractivity contribution >= 4 is 17.3 Å². The zero-order valence-corrected chi connectivity index (χ0v) is 11.2. The van der Waals surface area contributed by atoms with Crippen LogP contribution in [0.4, 0.5) is 0 Å². The van der Waals surface area contributed by atoms with Gasteiger partial charge in [0.25, 0.3) is 0 Å². The number of hydrogen-bond acceptors (Lipinski definition) is 4. The molecule has 0 unspecified atom stereocenters. The Morgan fingerprint density at radius 2 is 2.06 bits per heavy atom. The summed E-state index contributed by atoms with van der Waals surface area (Å²) in [6, 6.07) is 10.2. The van der Waals surface area contributed by atoms with Crippen molar-refractivity contribution in [2.45, 2.75) is 32.6 Å². The van der Waals surface area contributed by atoms with Gasteiger partial charge in [0.05, 0.1) is 5.69 Å². The van der Waals surface area contributed by atoms with Crippen LogP contribution in [0.5, 0.6) is 0 Å². The van der Waals surface area contributed by atoms with Crippen LogP contribution >= 0.6 is 11.5 Å². The van der Waals surface area contributed by atoms with Crippen molar-refractivity contribution in [3.63, 3.8) is 0 Å². The van der Waals surface area contributed by atoms with Gasteiger partial charge in [-0.1, -0.05) is 41.7 Å². The Kier molecular flexibility index (Phi) is 4.59. The smallest absolute Gasteiger partial charge is 0.176 e. The second kappa shape index (κ2) is 6.40. The molecule has 0 spiro atoms. The SMILES string of the molecule is CCc1nnsc1C(=O)CCCc1ccccc1.